The van der Waals surface area contributed by atoms with Gasteiger partial charge < -0.3 is 14.6 Å². The van der Waals surface area contributed by atoms with E-state index < -0.39 is 6.10 Å². The van der Waals surface area contributed by atoms with Crippen molar-refractivity contribution in [3.63, 3.8) is 0 Å². The van der Waals surface area contributed by atoms with Crippen molar-refractivity contribution in [1.82, 2.24) is 0 Å². The Morgan fingerprint density at radius 3 is 2.58 bits per heavy atom. The lowest BCUT2D eigenvalue weighted by Gasteiger charge is -2.31. The van der Waals surface area contributed by atoms with Crippen LogP contribution in [-0.4, -0.2) is 40.6 Å². The van der Waals surface area contributed by atoms with Gasteiger partial charge in [0, 0.05) is 6.42 Å². The number of carbonyl (C=O) groups is 1. The quantitative estimate of drug-likeness (QED) is 0.625. The molecular weight excluding hydrogens is 264 g/mol. The Balaban J connectivity index is 2.69. The van der Waals surface area contributed by atoms with Gasteiger partial charge in [0.1, 0.15) is 6.10 Å². The van der Waals surface area contributed by atoms with Crippen LogP contribution in [0.2, 0.25) is 0 Å². The van der Waals surface area contributed by atoms with Crippen LogP contribution in [0.15, 0.2) is 12.2 Å². The number of ether oxygens (including phenoxy) is 2. The highest BCUT2D eigenvalue weighted by molar-refractivity contribution is 8.12. The van der Waals surface area contributed by atoms with Crippen molar-refractivity contribution in [2.75, 3.05) is 6.26 Å². The molecule has 0 aromatic rings. The van der Waals surface area contributed by atoms with Gasteiger partial charge in [-0.15, -0.1) is 0 Å². The van der Waals surface area contributed by atoms with E-state index in [2.05, 4.69) is 0 Å². The first-order valence-electron chi connectivity index (χ1n) is 6.59. The van der Waals surface area contributed by atoms with Crippen molar-refractivity contribution in [2.45, 2.75) is 63.9 Å². The minimum absolute atomic E-state index is 0.0146. The van der Waals surface area contributed by atoms with E-state index in [9.17, 15) is 9.90 Å². The van der Waals surface area contributed by atoms with E-state index in [0.717, 1.165) is 18.2 Å². The standard InChI is InChI=1S/C14H24O4S/c1-14(2,3)18-12-8-6-10(15)5-7-11(9-12)17-13(16)19-4/h5,7,10-12,15H,6,8-9H2,1-4H3/b7-5+. The molecule has 1 aliphatic rings. The van der Waals surface area contributed by atoms with E-state index in [1.807, 2.05) is 20.8 Å². The fraction of sp³-hybridized carbons (Fsp3) is 0.786. The van der Waals surface area contributed by atoms with Crippen LogP contribution in [-0.2, 0) is 9.47 Å². The smallest absolute Gasteiger partial charge is 0.367 e. The molecule has 3 atom stereocenters. The van der Waals surface area contributed by atoms with E-state index in [4.69, 9.17) is 9.47 Å². The first kappa shape index (κ1) is 16.5. The van der Waals surface area contributed by atoms with Crippen molar-refractivity contribution in [1.29, 1.82) is 0 Å². The van der Waals surface area contributed by atoms with Crippen molar-refractivity contribution in [2.24, 2.45) is 0 Å². The fourth-order valence-corrected chi connectivity index (χ4v) is 2.25. The van der Waals surface area contributed by atoms with Gasteiger partial charge in [-0.1, -0.05) is 6.08 Å². The molecule has 0 heterocycles. The maximum atomic E-state index is 11.4. The van der Waals surface area contributed by atoms with Gasteiger partial charge in [-0.2, -0.15) is 0 Å². The second-order valence-corrected chi connectivity index (χ2v) is 6.47. The summed E-state index contributed by atoms with van der Waals surface area (Å²) in [6.07, 6.45) is 6.36. The van der Waals surface area contributed by atoms with E-state index in [1.54, 1.807) is 18.4 Å². The van der Waals surface area contributed by atoms with E-state index in [-0.39, 0.29) is 23.1 Å². The number of aliphatic hydroxyl groups excluding tert-OH is 1. The molecule has 1 rings (SSSR count). The average Bonchev–Trinajstić information content (AvgIpc) is 2.29. The third-order valence-corrected chi connectivity index (χ3v) is 3.19. The summed E-state index contributed by atoms with van der Waals surface area (Å²) in [7, 11) is 0. The number of hydrogen-bond donors (Lipinski definition) is 1. The van der Waals surface area contributed by atoms with E-state index >= 15 is 0 Å². The molecule has 0 fully saturated rings. The monoisotopic (exact) mass is 288 g/mol. The van der Waals surface area contributed by atoms with Gasteiger partial charge in [-0.3, -0.25) is 0 Å². The zero-order valence-electron chi connectivity index (χ0n) is 12.1. The molecule has 0 saturated heterocycles. The van der Waals surface area contributed by atoms with Crippen LogP contribution in [0.4, 0.5) is 4.79 Å². The Labute approximate surface area is 119 Å². The molecule has 1 aliphatic carbocycles. The maximum Gasteiger partial charge on any atom is 0.367 e. The Morgan fingerprint density at radius 2 is 2.00 bits per heavy atom. The Bertz CT molecular complexity index is 322. The van der Waals surface area contributed by atoms with Crippen LogP contribution in [0.3, 0.4) is 0 Å². The van der Waals surface area contributed by atoms with Crippen molar-refractivity contribution < 1.29 is 19.4 Å². The molecule has 5 heteroatoms. The van der Waals surface area contributed by atoms with E-state index in [0.29, 0.717) is 12.8 Å². The minimum atomic E-state index is -0.498. The third-order valence-electron chi connectivity index (χ3n) is 2.76. The number of thioether (sulfide) groups is 1. The van der Waals surface area contributed by atoms with Crippen molar-refractivity contribution in [3.8, 4) is 0 Å². The van der Waals surface area contributed by atoms with Gasteiger partial charge in [-0.05, 0) is 57.7 Å². The molecule has 1 N–H and O–H groups in total. The zero-order chi connectivity index (χ0) is 14.5. The predicted molar refractivity (Wildman–Crippen MR) is 77.4 cm³/mol. The molecule has 0 aromatic carbocycles. The largest absolute Gasteiger partial charge is 0.450 e. The fourth-order valence-electron chi connectivity index (χ4n) is 2.03. The molecule has 19 heavy (non-hydrogen) atoms. The Morgan fingerprint density at radius 1 is 1.32 bits per heavy atom. The molecule has 0 saturated carbocycles. The summed E-state index contributed by atoms with van der Waals surface area (Å²) in [5, 5.41) is 9.45. The molecule has 0 aliphatic heterocycles. The lowest BCUT2D eigenvalue weighted by molar-refractivity contribution is -0.0796. The SMILES string of the molecule is CSC(=O)OC1/C=C/C(O)CCC(OC(C)(C)C)C1. The topological polar surface area (TPSA) is 55.8 Å². The van der Waals surface area contributed by atoms with E-state index in [1.165, 1.54) is 0 Å². The molecule has 0 radical (unpaired) electrons. The summed E-state index contributed by atoms with van der Waals surface area (Å²) in [4.78, 5) is 11.4. The summed E-state index contributed by atoms with van der Waals surface area (Å²) >= 11 is 1.05. The number of hydrogen-bond acceptors (Lipinski definition) is 5. The Kier molecular flexibility index (Phi) is 6.36. The first-order valence-corrected chi connectivity index (χ1v) is 7.81. The van der Waals surface area contributed by atoms with Gasteiger partial charge in [0.05, 0.1) is 17.8 Å². The highest BCUT2D eigenvalue weighted by Gasteiger charge is 2.25. The highest BCUT2D eigenvalue weighted by Crippen LogP contribution is 2.23. The molecule has 4 nitrogen and oxygen atoms in total. The second-order valence-electron chi connectivity index (χ2n) is 5.73. The van der Waals surface area contributed by atoms with Gasteiger partial charge in [0.15, 0.2) is 0 Å². The first-order chi connectivity index (χ1) is 8.80. The molecular formula is C14H24O4S. The maximum absolute atomic E-state index is 11.4. The van der Waals surface area contributed by atoms with Crippen LogP contribution in [0.5, 0.6) is 0 Å². The average molecular weight is 288 g/mol. The van der Waals surface area contributed by atoms with Crippen molar-refractivity contribution in [3.05, 3.63) is 12.2 Å². The highest BCUT2D eigenvalue weighted by atomic mass is 32.2. The molecule has 3 unspecified atom stereocenters. The van der Waals surface area contributed by atoms with Gasteiger partial charge in [0.2, 0.25) is 0 Å². The zero-order valence-corrected chi connectivity index (χ0v) is 12.9. The number of carbonyl (C=O) groups excluding carboxylic acids is 1. The second kappa shape index (κ2) is 7.31. The third kappa shape index (κ3) is 6.99. The summed E-state index contributed by atoms with van der Waals surface area (Å²) in [6, 6.07) is 0. The molecule has 0 aromatic heterocycles. The van der Waals surface area contributed by atoms with Gasteiger partial charge in [-0.25, -0.2) is 4.79 Å². The summed E-state index contributed by atoms with van der Waals surface area (Å²) in [5.74, 6) is 0. The van der Waals surface area contributed by atoms with Crippen LogP contribution in [0.25, 0.3) is 0 Å². The number of aliphatic hydroxyl groups is 1. The summed E-state index contributed by atoms with van der Waals surface area (Å²) in [5.41, 5.74) is -0.243. The molecule has 0 spiro atoms. The molecule has 110 valence electrons. The summed E-state index contributed by atoms with van der Waals surface area (Å²) in [6.45, 7) is 6.00. The van der Waals surface area contributed by atoms with Crippen molar-refractivity contribution >= 4 is 17.1 Å². The molecule has 0 bridgehead atoms. The lowest BCUT2D eigenvalue weighted by Crippen LogP contribution is -2.32. The van der Waals surface area contributed by atoms with Gasteiger partial charge >= 0.3 is 5.30 Å². The van der Waals surface area contributed by atoms with Crippen LogP contribution in [0, 0.1) is 0 Å². The number of rotatable bonds is 2. The van der Waals surface area contributed by atoms with Crippen LogP contribution in [0.1, 0.15) is 40.0 Å². The van der Waals surface area contributed by atoms with Gasteiger partial charge in [0.25, 0.3) is 0 Å². The Hall–Kier alpha value is -0.520. The normalized spacial score (nSPS) is 30.3. The minimum Gasteiger partial charge on any atom is -0.450 e. The molecule has 0 amide bonds. The van der Waals surface area contributed by atoms with Crippen LogP contribution < -0.4 is 0 Å². The summed E-state index contributed by atoms with van der Waals surface area (Å²) < 4.78 is 11.3. The lowest BCUT2D eigenvalue weighted by atomic mass is 9.99. The predicted octanol–water partition coefficient (Wildman–Crippen LogP) is 3.14. The van der Waals surface area contributed by atoms with Crippen LogP contribution >= 0.6 is 11.8 Å².